The molecule has 0 aromatic carbocycles. The van der Waals surface area contributed by atoms with E-state index in [1.165, 1.54) is 17.7 Å². The highest BCUT2D eigenvalue weighted by Crippen LogP contribution is 2.26. The first kappa shape index (κ1) is 15.6. The Kier molecular flexibility index (Phi) is 4.90. The van der Waals surface area contributed by atoms with Gasteiger partial charge in [0, 0.05) is 26.2 Å². The predicted molar refractivity (Wildman–Crippen MR) is 67.0 cm³/mol. The Bertz CT molecular complexity index is 343. The summed E-state index contributed by atoms with van der Waals surface area (Å²) in [6.45, 7) is 1.03. The quantitative estimate of drug-likeness (QED) is 0.848. The summed E-state index contributed by atoms with van der Waals surface area (Å²) in [4.78, 5) is 15.1. The first-order chi connectivity index (χ1) is 9.36. The van der Waals surface area contributed by atoms with Crippen molar-refractivity contribution in [2.75, 3.05) is 32.7 Å². The average molecular weight is 294 g/mol. The van der Waals surface area contributed by atoms with Crippen molar-refractivity contribution in [2.45, 2.75) is 38.0 Å². The molecule has 0 bridgehead atoms. The van der Waals surface area contributed by atoms with Crippen LogP contribution >= 0.6 is 0 Å². The van der Waals surface area contributed by atoms with E-state index < -0.39 is 18.8 Å². The highest BCUT2D eigenvalue weighted by Gasteiger charge is 2.40. The van der Waals surface area contributed by atoms with Crippen molar-refractivity contribution in [3.8, 4) is 0 Å². The van der Waals surface area contributed by atoms with Crippen LogP contribution in [0.2, 0.25) is 0 Å². The SMILES string of the molecule is O=C1CN(CC(O)C(F)(F)F)CCN1CC1CCCC1. The Labute approximate surface area is 116 Å². The molecular formula is C13H21F3N2O2. The van der Waals surface area contributed by atoms with Crippen molar-refractivity contribution in [3.05, 3.63) is 0 Å². The minimum Gasteiger partial charge on any atom is -0.382 e. The number of nitrogens with zero attached hydrogens (tertiary/aromatic N) is 2. The third kappa shape index (κ3) is 4.09. The van der Waals surface area contributed by atoms with E-state index in [9.17, 15) is 18.0 Å². The molecule has 2 fully saturated rings. The molecule has 1 heterocycles. The molecule has 4 nitrogen and oxygen atoms in total. The molecule has 1 amide bonds. The summed E-state index contributed by atoms with van der Waals surface area (Å²) in [7, 11) is 0. The molecule has 1 atom stereocenters. The molecule has 2 rings (SSSR count). The molecule has 1 aliphatic heterocycles. The number of amides is 1. The van der Waals surface area contributed by atoms with Gasteiger partial charge in [-0.05, 0) is 18.8 Å². The van der Waals surface area contributed by atoms with Crippen LogP contribution in [0.3, 0.4) is 0 Å². The van der Waals surface area contributed by atoms with E-state index in [2.05, 4.69) is 0 Å². The van der Waals surface area contributed by atoms with Gasteiger partial charge in [-0.2, -0.15) is 13.2 Å². The van der Waals surface area contributed by atoms with Crippen molar-refractivity contribution in [2.24, 2.45) is 5.92 Å². The zero-order valence-electron chi connectivity index (χ0n) is 11.4. The van der Waals surface area contributed by atoms with Crippen molar-refractivity contribution in [1.82, 2.24) is 9.80 Å². The number of β-amino-alcohol motifs (C(OH)–C–C–N with tert-alkyl or cyclic N) is 1. The molecule has 1 N–H and O–H groups in total. The highest BCUT2D eigenvalue weighted by molar-refractivity contribution is 5.79. The summed E-state index contributed by atoms with van der Waals surface area (Å²) in [6, 6.07) is 0. The summed E-state index contributed by atoms with van der Waals surface area (Å²) in [5.74, 6) is 0.420. The van der Waals surface area contributed by atoms with Crippen molar-refractivity contribution < 1.29 is 23.1 Å². The minimum atomic E-state index is -4.62. The minimum absolute atomic E-state index is 0.0279. The van der Waals surface area contributed by atoms with Gasteiger partial charge in [0.25, 0.3) is 0 Å². The number of carbonyl (C=O) groups is 1. The van der Waals surface area contributed by atoms with Gasteiger partial charge < -0.3 is 10.0 Å². The molecule has 7 heteroatoms. The van der Waals surface area contributed by atoms with Gasteiger partial charge in [0.15, 0.2) is 6.10 Å². The smallest absolute Gasteiger partial charge is 0.382 e. The fourth-order valence-electron chi connectivity index (χ4n) is 2.96. The number of aliphatic hydroxyl groups excluding tert-OH is 1. The fraction of sp³-hybridized carbons (Fsp3) is 0.923. The lowest BCUT2D eigenvalue weighted by atomic mass is 10.1. The summed E-state index contributed by atoms with van der Waals surface area (Å²) < 4.78 is 36.8. The van der Waals surface area contributed by atoms with Crippen LogP contribution in [0.25, 0.3) is 0 Å². The normalized spacial score (nSPS) is 24.4. The van der Waals surface area contributed by atoms with E-state index in [4.69, 9.17) is 5.11 Å². The number of piperazine rings is 1. The second-order valence-corrected chi connectivity index (χ2v) is 5.78. The average Bonchev–Trinajstić information content (AvgIpc) is 2.84. The van der Waals surface area contributed by atoms with Crippen molar-refractivity contribution in [1.29, 1.82) is 0 Å². The van der Waals surface area contributed by atoms with Gasteiger partial charge >= 0.3 is 6.18 Å². The van der Waals surface area contributed by atoms with Gasteiger partial charge in [-0.25, -0.2) is 0 Å². The largest absolute Gasteiger partial charge is 0.415 e. The third-order valence-electron chi connectivity index (χ3n) is 4.16. The van der Waals surface area contributed by atoms with Crippen LogP contribution in [-0.2, 0) is 4.79 Å². The Hall–Kier alpha value is -0.820. The molecule has 1 saturated heterocycles. The summed E-state index contributed by atoms with van der Waals surface area (Å²) in [5, 5.41) is 9.03. The lowest BCUT2D eigenvalue weighted by Crippen LogP contribution is -2.54. The Morgan fingerprint density at radius 3 is 2.45 bits per heavy atom. The lowest BCUT2D eigenvalue weighted by Gasteiger charge is -2.36. The highest BCUT2D eigenvalue weighted by atomic mass is 19.4. The fourth-order valence-corrected chi connectivity index (χ4v) is 2.96. The van der Waals surface area contributed by atoms with Crippen LogP contribution in [0.4, 0.5) is 13.2 Å². The van der Waals surface area contributed by atoms with E-state index in [-0.39, 0.29) is 12.5 Å². The zero-order chi connectivity index (χ0) is 14.8. The lowest BCUT2D eigenvalue weighted by molar-refractivity contribution is -0.209. The number of carbonyl (C=O) groups excluding carboxylic acids is 1. The van der Waals surface area contributed by atoms with Crippen LogP contribution in [0.5, 0.6) is 0 Å². The maximum absolute atomic E-state index is 12.3. The van der Waals surface area contributed by atoms with E-state index >= 15 is 0 Å². The van der Waals surface area contributed by atoms with Crippen LogP contribution in [0, 0.1) is 5.92 Å². The molecule has 0 aromatic rings. The summed E-state index contributed by atoms with van der Waals surface area (Å²) >= 11 is 0. The van der Waals surface area contributed by atoms with Gasteiger partial charge in [0.2, 0.25) is 5.91 Å². The van der Waals surface area contributed by atoms with Crippen molar-refractivity contribution >= 4 is 5.91 Å². The molecular weight excluding hydrogens is 273 g/mol. The van der Waals surface area contributed by atoms with E-state index in [1.54, 1.807) is 4.90 Å². The van der Waals surface area contributed by atoms with Gasteiger partial charge in [0.1, 0.15) is 0 Å². The molecule has 2 aliphatic rings. The molecule has 20 heavy (non-hydrogen) atoms. The van der Waals surface area contributed by atoms with Gasteiger partial charge in [0.05, 0.1) is 6.54 Å². The number of alkyl halides is 3. The van der Waals surface area contributed by atoms with Gasteiger partial charge in [-0.3, -0.25) is 9.69 Å². The Balaban J connectivity index is 1.78. The second-order valence-electron chi connectivity index (χ2n) is 5.78. The van der Waals surface area contributed by atoms with Crippen LogP contribution in [0.15, 0.2) is 0 Å². The van der Waals surface area contributed by atoms with Gasteiger partial charge in [-0.15, -0.1) is 0 Å². The predicted octanol–water partition coefficient (Wildman–Crippen LogP) is 1.24. The molecule has 1 unspecified atom stereocenters. The molecule has 1 aliphatic carbocycles. The third-order valence-corrected chi connectivity index (χ3v) is 4.16. The maximum atomic E-state index is 12.3. The molecule has 0 aromatic heterocycles. The van der Waals surface area contributed by atoms with Crippen molar-refractivity contribution in [3.63, 3.8) is 0 Å². The Morgan fingerprint density at radius 1 is 1.25 bits per heavy atom. The summed E-state index contributed by atoms with van der Waals surface area (Å²) in [6.07, 6.45) is -2.31. The number of halogens is 3. The number of rotatable bonds is 4. The maximum Gasteiger partial charge on any atom is 0.415 e. The molecule has 116 valence electrons. The summed E-state index contributed by atoms with van der Waals surface area (Å²) in [5.41, 5.74) is 0. The first-order valence-electron chi connectivity index (χ1n) is 7.11. The topological polar surface area (TPSA) is 43.8 Å². The first-order valence-corrected chi connectivity index (χ1v) is 7.11. The van der Waals surface area contributed by atoms with E-state index in [0.717, 1.165) is 19.4 Å². The molecule has 1 saturated carbocycles. The molecule has 0 spiro atoms. The van der Waals surface area contributed by atoms with Crippen LogP contribution in [-0.4, -0.2) is 65.8 Å². The molecule has 0 radical (unpaired) electrons. The Morgan fingerprint density at radius 2 is 1.90 bits per heavy atom. The van der Waals surface area contributed by atoms with Crippen LogP contribution in [0.1, 0.15) is 25.7 Å². The number of aliphatic hydroxyl groups is 1. The number of hydrogen-bond acceptors (Lipinski definition) is 3. The van der Waals surface area contributed by atoms with E-state index in [1.807, 2.05) is 0 Å². The number of hydrogen-bond donors (Lipinski definition) is 1. The van der Waals surface area contributed by atoms with Gasteiger partial charge in [-0.1, -0.05) is 12.8 Å². The monoisotopic (exact) mass is 294 g/mol. The van der Waals surface area contributed by atoms with Crippen LogP contribution < -0.4 is 0 Å². The second kappa shape index (κ2) is 6.30. The zero-order valence-corrected chi connectivity index (χ0v) is 11.4. The van der Waals surface area contributed by atoms with E-state index in [0.29, 0.717) is 19.0 Å². The standard InChI is InChI=1S/C13H21F3N2O2/c14-13(15,16)11(19)8-17-5-6-18(12(20)9-17)7-10-3-1-2-4-10/h10-11,19H,1-9H2.